The summed E-state index contributed by atoms with van der Waals surface area (Å²) in [5.74, 6) is -0.503. The third-order valence-electron chi connectivity index (χ3n) is 1.87. The highest BCUT2D eigenvalue weighted by molar-refractivity contribution is 7.85. The average Bonchev–Trinajstić information content (AvgIpc) is 2.16. The Kier molecular flexibility index (Phi) is 4.68. The highest BCUT2D eigenvalue weighted by Crippen LogP contribution is 2.09. The maximum absolute atomic E-state index is 11.8. The molecular formula is C12H16O3S. The molecule has 0 heterocycles. The molecule has 0 spiro atoms. The normalized spacial score (nSPS) is 12.5. The van der Waals surface area contributed by atoms with E-state index in [1.165, 1.54) is 0 Å². The molecule has 0 aliphatic rings. The van der Waals surface area contributed by atoms with Gasteiger partial charge in [-0.05, 0) is 38.5 Å². The summed E-state index contributed by atoms with van der Waals surface area (Å²) < 4.78 is 16.7. The molecule has 0 amide bonds. The van der Waals surface area contributed by atoms with E-state index in [9.17, 15) is 9.00 Å². The molecule has 0 N–H and O–H groups in total. The van der Waals surface area contributed by atoms with Crippen LogP contribution in [0.4, 0.5) is 0 Å². The van der Waals surface area contributed by atoms with Gasteiger partial charge < -0.3 is 4.74 Å². The molecular weight excluding hydrogens is 224 g/mol. The van der Waals surface area contributed by atoms with Gasteiger partial charge in [0.2, 0.25) is 0 Å². The van der Waals surface area contributed by atoms with Crippen molar-refractivity contribution in [2.24, 2.45) is 0 Å². The summed E-state index contributed by atoms with van der Waals surface area (Å²) in [6.07, 6.45) is -0.165. The number of hydrogen-bond donors (Lipinski definition) is 0. The van der Waals surface area contributed by atoms with Crippen LogP contribution in [0, 0.1) is 6.92 Å². The maximum atomic E-state index is 11.8. The molecule has 1 rings (SSSR count). The van der Waals surface area contributed by atoms with Crippen LogP contribution in [-0.2, 0) is 20.3 Å². The number of aryl methyl sites for hydroxylation is 1. The number of carbonyl (C=O) groups excluding carboxylic acids is 1. The first-order chi connectivity index (χ1) is 7.49. The van der Waals surface area contributed by atoms with Crippen molar-refractivity contribution >= 4 is 16.8 Å². The minimum atomic E-state index is -1.31. The first-order valence-electron chi connectivity index (χ1n) is 5.13. The highest BCUT2D eigenvalue weighted by atomic mass is 32.2. The van der Waals surface area contributed by atoms with Gasteiger partial charge in [0.05, 0.1) is 16.9 Å². The molecule has 0 fully saturated rings. The second-order valence-corrected chi connectivity index (χ2v) is 5.30. The van der Waals surface area contributed by atoms with Gasteiger partial charge in [0.25, 0.3) is 0 Å². The van der Waals surface area contributed by atoms with Gasteiger partial charge in [0.1, 0.15) is 5.75 Å². The molecule has 0 radical (unpaired) electrons. The van der Waals surface area contributed by atoms with Gasteiger partial charge in [-0.15, -0.1) is 0 Å². The van der Waals surface area contributed by atoms with Crippen molar-refractivity contribution in [1.29, 1.82) is 0 Å². The number of rotatable bonds is 4. The Hall–Kier alpha value is -1.16. The Morgan fingerprint density at radius 1 is 1.44 bits per heavy atom. The fourth-order valence-corrected chi connectivity index (χ4v) is 2.24. The van der Waals surface area contributed by atoms with Crippen LogP contribution in [0.5, 0.6) is 0 Å². The molecule has 0 saturated heterocycles. The summed E-state index contributed by atoms with van der Waals surface area (Å²) in [6, 6.07) is 7.33. The number of hydrogen-bond acceptors (Lipinski definition) is 3. The predicted octanol–water partition coefficient (Wildman–Crippen LogP) is 2.05. The summed E-state index contributed by atoms with van der Waals surface area (Å²) in [6.45, 7) is 5.47. The molecule has 0 saturated carbocycles. The van der Waals surface area contributed by atoms with E-state index in [4.69, 9.17) is 4.74 Å². The Bertz CT molecular complexity index is 399. The second kappa shape index (κ2) is 5.80. The first-order valence-corrected chi connectivity index (χ1v) is 6.45. The predicted molar refractivity (Wildman–Crippen MR) is 63.7 cm³/mol. The van der Waals surface area contributed by atoms with Gasteiger partial charge in [-0.2, -0.15) is 0 Å². The highest BCUT2D eigenvalue weighted by Gasteiger charge is 2.12. The van der Waals surface area contributed by atoms with Crippen molar-refractivity contribution in [2.75, 3.05) is 5.75 Å². The zero-order valence-corrected chi connectivity index (χ0v) is 10.5. The van der Waals surface area contributed by atoms with E-state index in [0.29, 0.717) is 4.90 Å². The fourth-order valence-electron chi connectivity index (χ4n) is 1.24. The molecule has 0 bridgehead atoms. The quantitative estimate of drug-likeness (QED) is 0.757. The van der Waals surface area contributed by atoms with E-state index in [0.717, 1.165) is 5.56 Å². The first kappa shape index (κ1) is 12.9. The Labute approximate surface area is 98.3 Å². The van der Waals surface area contributed by atoms with Crippen LogP contribution in [0.15, 0.2) is 29.2 Å². The van der Waals surface area contributed by atoms with E-state index in [1.807, 2.05) is 25.1 Å². The van der Waals surface area contributed by atoms with Crippen LogP contribution in [-0.4, -0.2) is 22.0 Å². The van der Waals surface area contributed by atoms with E-state index >= 15 is 0 Å². The van der Waals surface area contributed by atoms with Gasteiger partial charge in [-0.25, -0.2) is 0 Å². The molecule has 1 aromatic rings. The van der Waals surface area contributed by atoms with E-state index < -0.39 is 16.8 Å². The lowest BCUT2D eigenvalue weighted by atomic mass is 10.2. The molecule has 16 heavy (non-hydrogen) atoms. The van der Waals surface area contributed by atoms with Gasteiger partial charge in [-0.3, -0.25) is 9.00 Å². The van der Waals surface area contributed by atoms with Crippen LogP contribution in [0.2, 0.25) is 0 Å². The molecule has 1 aromatic carbocycles. The van der Waals surface area contributed by atoms with Gasteiger partial charge in [0, 0.05) is 4.90 Å². The lowest BCUT2D eigenvalue weighted by Gasteiger charge is -2.07. The van der Waals surface area contributed by atoms with E-state index in [1.54, 1.807) is 19.9 Å². The van der Waals surface area contributed by atoms with Crippen molar-refractivity contribution in [2.45, 2.75) is 31.8 Å². The smallest absolute Gasteiger partial charge is 0.319 e. The molecule has 3 nitrogen and oxygen atoms in total. The minimum absolute atomic E-state index is 0.0817. The molecule has 0 aliphatic heterocycles. The molecule has 1 atom stereocenters. The largest absolute Gasteiger partial charge is 0.462 e. The number of ether oxygens (including phenoxy) is 1. The van der Waals surface area contributed by atoms with E-state index in [-0.39, 0.29) is 11.9 Å². The van der Waals surface area contributed by atoms with Crippen molar-refractivity contribution in [3.63, 3.8) is 0 Å². The number of carbonyl (C=O) groups is 1. The van der Waals surface area contributed by atoms with Gasteiger partial charge in [-0.1, -0.05) is 12.1 Å². The molecule has 1 unspecified atom stereocenters. The Balaban J connectivity index is 2.62. The summed E-state index contributed by atoms with van der Waals surface area (Å²) in [4.78, 5) is 12.0. The zero-order valence-electron chi connectivity index (χ0n) is 9.73. The molecule has 0 aliphatic carbocycles. The lowest BCUT2D eigenvalue weighted by molar-refractivity contribution is -0.144. The zero-order chi connectivity index (χ0) is 12.1. The summed E-state index contributed by atoms with van der Waals surface area (Å²) in [5.41, 5.74) is 1.03. The third-order valence-corrected chi connectivity index (χ3v) is 3.15. The van der Waals surface area contributed by atoms with Crippen molar-refractivity contribution in [3.05, 3.63) is 29.8 Å². The fraction of sp³-hybridized carbons (Fsp3) is 0.417. The van der Waals surface area contributed by atoms with Crippen LogP contribution >= 0.6 is 0 Å². The van der Waals surface area contributed by atoms with Crippen LogP contribution in [0.3, 0.4) is 0 Å². The Morgan fingerprint density at radius 3 is 2.69 bits per heavy atom. The standard InChI is InChI=1S/C12H16O3S/c1-9(2)15-12(13)8-16(14)11-6-4-5-10(3)7-11/h4-7,9H,8H2,1-3H3. The minimum Gasteiger partial charge on any atom is -0.462 e. The van der Waals surface area contributed by atoms with Crippen molar-refractivity contribution in [3.8, 4) is 0 Å². The average molecular weight is 240 g/mol. The Morgan fingerprint density at radius 2 is 2.12 bits per heavy atom. The van der Waals surface area contributed by atoms with Crippen LogP contribution < -0.4 is 0 Å². The monoisotopic (exact) mass is 240 g/mol. The maximum Gasteiger partial charge on any atom is 0.319 e. The van der Waals surface area contributed by atoms with Gasteiger partial charge in [0.15, 0.2) is 0 Å². The van der Waals surface area contributed by atoms with Crippen molar-refractivity contribution in [1.82, 2.24) is 0 Å². The molecule has 0 aromatic heterocycles. The summed E-state index contributed by atoms with van der Waals surface area (Å²) in [5, 5.41) is 0. The van der Waals surface area contributed by atoms with Crippen LogP contribution in [0.1, 0.15) is 19.4 Å². The SMILES string of the molecule is Cc1cccc(S(=O)CC(=O)OC(C)C)c1. The van der Waals surface area contributed by atoms with Crippen molar-refractivity contribution < 1.29 is 13.7 Å². The summed E-state index contributed by atoms with van der Waals surface area (Å²) in [7, 11) is -1.31. The number of esters is 1. The van der Waals surface area contributed by atoms with Gasteiger partial charge >= 0.3 is 5.97 Å². The van der Waals surface area contributed by atoms with E-state index in [2.05, 4.69) is 0 Å². The summed E-state index contributed by atoms with van der Waals surface area (Å²) >= 11 is 0. The molecule has 4 heteroatoms. The third kappa shape index (κ3) is 4.14. The lowest BCUT2D eigenvalue weighted by Crippen LogP contribution is -2.18. The number of benzene rings is 1. The van der Waals surface area contributed by atoms with Crippen LogP contribution in [0.25, 0.3) is 0 Å². The second-order valence-electron chi connectivity index (χ2n) is 3.84. The molecule has 88 valence electrons. The topological polar surface area (TPSA) is 43.4 Å².